The van der Waals surface area contributed by atoms with Crippen molar-refractivity contribution in [2.45, 2.75) is 30.9 Å². The Morgan fingerprint density at radius 1 is 1.22 bits per heavy atom. The molecule has 3 rings (SSSR count). The van der Waals surface area contributed by atoms with Crippen LogP contribution >= 0.6 is 0 Å². The summed E-state index contributed by atoms with van der Waals surface area (Å²) in [5.41, 5.74) is 2.21. The average Bonchev–Trinajstić information content (AvgIpc) is 3.11. The second-order valence-electron chi connectivity index (χ2n) is 6.50. The summed E-state index contributed by atoms with van der Waals surface area (Å²) in [5.74, 6) is 0.118. The van der Waals surface area contributed by atoms with Crippen LogP contribution in [0.25, 0.3) is 0 Å². The normalized spacial score (nSPS) is 22.8. The highest BCUT2D eigenvalue weighted by Crippen LogP contribution is 2.26. The van der Waals surface area contributed by atoms with Gasteiger partial charge in [0.25, 0.3) is 6.43 Å². The van der Waals surface area contributed by atoms with Gasteiger partial charge in [0.2, 0.25) is 10.0 Å². The molecule has 7 heteroatoms. The number of alkyl halides is 2. The van der Waals surface area contributed by atoms with Gasteiger partial charge in [0.15, 0.2) is 0 Å². The standard InChI is InChI=1S/C16H22F2N2O2S/c17-16(18)11-20-6-5-12(10-20)9-19-23(21,22)15-7-13-3-1-2-4-14(13)8-15/h1-4,12,15-16,19H,5-11H2. The number of hydrogen-bond donors (Lipinski definition) is 1. The second kappa shape index (κ2) is 6.83. The van der Waals surface area contributed by atoms with Gasteiger partial charge in [0, 0.05) is 13.1 Å². The number of nitrogens with one attached hydrogen (secondary N) is 1. The zero-order valence-electron chi connectivity index (χ0n) is 12.9. The first-order valence-electron chi connectivity index (χ1n) is 8.00. The van der Waals surface area contributed by atoms with Crippen LogP contribution in [-0.2, 0) is 22.9 Å². The molecule has 2 aliphatic rings. The Morgan fingerprint density at radius 3 is 2.48 bits per heavy atom. The molecule has 1 fully saturated rings. The van der Waals surface area contributed by atoms with Gasteiger partial charge in [-0.15, -0.1) is 0 Å². The Morgan fingerprint density at radius 2 is 1.87 bits per heavy atom. The van der Waals surface area contributed by atoms with Gasteiger partial charge in [-0.1, -0.05) is 24.3 Å². The van der Waals surface area contributed by atoms with Gasteiger partial charge in [-0.05, 0) is 42.9 Å². The first kappa shape index (κ1) is 16.8. The summed E-state index contributed by atoms with van der Waals surface area (Å²) in [6.07, 6.45) is -0.468. The topological polar surface area (TPSA) is 49.4 Å². The number of likely N-dealkylation sites (tertiary alicyclic amines) is 1. The molecule has 1 aromatic rings. The number of hydrogen-bond acceptors (Lipinski definition) is 3. The van der Waals surface area contributed by atoms with Crippen LogP contribution in [0.1, 0.15) is 17.5 Å². The average molecular weight is 344 g/mol. The zero-order chi connectivity index (χ0) is 16.4. The Hall–Kier alpha value is -1.05. The summed E-state index contributed by atoms with van der Waals surface area (Å²) in [6.45, 7) is 1.28. The Kier molecular flexibility index (Phi) is 4.98. The molecule has 0 radical (unpaired) electrons. The number of rotatable bonds is 6. The maximum atomic E-state index is 12.5. The molecule has 0 aromatic heterocycles. The number of fused-ring (bicyclic) bond motifs is 1. The van der Waals surface area contributed by atoms with Crippen molar-refractivity contribution >= 4 is 10.0 Å². The first-order valence-corrected chi connectivity index (χ1v) is 9.54. The van der Waals surface area contributed by atoms with Crippen LogP contribution in [0.15, 0.2) is 24.3 Å². The van der Waals surface area contributed by atoms with Gasteiger partial charge < -0.3 is 0 Å². The molecule has 1 aliphatic heterocycles. The predicted octanol–water partition coefficient (Wildman–Crippen LogP) is 1.66. The number of nitrogens with zero attached hydrogens (tertiary/aromatic N) is 1. The Balaban J connectivity index is 1.51. The van der Waals surface area contributed by atoms with Crippen LogP contribution in [0, 0.1) is 5.92 Å². The van der Waals surface area contributed by atoms with Crippen molar-refractivity contribution in [3.05, 3.63) is 35.4 Å². The molecular formula is C16H22F2N2O2S. The van der Waals surface area contributed by atoms with Crippen LogP contribution in [0.2, 0.25) is 0 Å². The van der Waals surface area contributed by atoms with E-state index in [0.717, 1.165) is 17.5 Å². The van der Waals surface area contributed by atoms with E-state index in [1.54, 1.807) is 4.90 Å². The molecule has 1 aromatic carbocycles. The van der Waals surface area contributed by atoms with Crippen molar-refractivity contribution < 1.29 is 17.2 Å². The highest BCUT2D eigenvalue weighted by Gasteiger charge is 2.33. The molecule has 0 spiro atoms. The molecule has 0 amide bonds. The Labute approximate surface area is 135 Å². The summed E-state index contributed by atoms with van der Waals surface area (Å²) in [4.78, 5) is 1.70. The van der Waals surface area contributed by atoms with E-state index in [1.165, 1.54) is 0 Å². The lowest BCUT2D eigenvalue weighted by Crippen LogP contribution is -2.38. The largest absolute Gasteiger partial charge is 0.297 e. The maximum absolute atomic E-state index is 12.5. The summed E-state index contributed by atoms with van der Waals surface area (Å²) >= 11 is 0. The van der Waals surface area contributed by atoms with E-state index in [9.17, 15) is 17.2 Å². The minimum Gasteiger partial charge on any atom is -0.297 e. The predicted molar refractivity (Wildman–Crippen MR) is 85.1 cm³/mol. The monoisotopic (exact) mass is 344 g/mol. The van der Waals surface area contributed by atoms with E-state index in [0.29, 0.717) is 32.5 Å². The van der Waals surface area contributed by atoms with Crippen molar-refractivity contribution in [2.75, 3.05) is 26.2 Å². The summed E-state index contributed by atoms with van der Waals surface area (Å²) in [7, 11) is -3.37. The molecule has 23 heavy (non-hydrogen) atoms. The van der Waals surface area contributed by atoms with Gasteiger partial charge >= 0.3 is 0 Å². The van der Waals surface area contributed by atoms with Crippen molar-refractivity contribution in [2.24, 2.45) is 5.92 Å². The fraction of sp³-hybridized carbons (Fsp3) is 0.625. The summed E-state index contributed by atoms with van der Waals surface area (Å²) < 4.78 is 52.4. The van der Waals surface area contributed by atoms with Gasteiger partial charge in [-0.3, -0.25) is 4.90 Å². The molecule has 0 bridgehead atoms. The molecule has 1 heterocycles. The van der Waals surface area contributed by atoms with E-state index < -0.39 is 21.7 Å². The fourth-order valence-electron chi connectivity index (χ4n) is 3.53. The van der Waals surface area contributed by atoms with Crippen LogP contribution in [0.5, 0.6) is 0 Å². The lowest BCUT2D eigenvalue weighted by molar-refractivity contribution is 0.0980. The first-order chi connectivity index (χ1) is 10.9. The third-order valence-electron chi connectivity index (χ3n) is 4.79. The van der Waals surface area contributed by atoms with Crippen LogP contribution in [0.3, 0.4) is 0 Å². The van der Waals surface area contributed by atoms with Gasteiger partial charge in [0.1, 0.15) is 0 Å². The van der Waals surface area contributed by atoms with E-state index >= 15 is 0 Å². The Bertz CT molecular complexity index is 626. The molecular weight excluding hydrogens is 322 g/mol. The van der Waals surface area contributed by atoms with Crippen LogP contribution < -0.4 is 4.72 Å². The third-order valence-corrected chi connectivity index (χ3v) is 6.57. The lowest BCUT2D eigenvalue weighted by Gasteiger charge is -2.17. The summed E-state index contributed by atoms with van der Waals surface area (Å²) in [6, 6.07) is 7.81. The van der Waals surface area contributed by atoms with Crippen molar-refractivity contribution in [1.29, 1.82) is 0 Å². The molecule has 1 atom stereocenters. The number of halogens is 2. The summed E-state index contributed by atoms with van der Waals surface area (Å²) in [5, 5.41) is -0.418. The molecule has 128 valence electrons. The maximum Gasteiger partial charge on any atom is 0.251 e. The van der Waals surface area contributed by atoms with Gasteiger partial charge in [-0.2, -0.15) is 0 Å². The second-order valence-corrected chi connectivity index (χ2v) is 8.54. The third kappa shape index (κ3) is 4.08. The van der Waals surface area contributed by atoms with Gasteiger partial charge in [0.05, 0.1) is 11.8 Å². The minimum atomic E-state index is -3.37. The highest BCUT2D eigenvalue weighted by molar-refractivity contribution is 7.90. The molecule has 1 unspecified atom stereocenters. The fourth-order valence-corrected chi connectivity index (χ4v) is 5.03. The molecule has 1 N–H and O–H groups in total. The molecule has 0 saturated carbocycles. The van der Waals surface area contributed by atoms with E-state index in [2.05, 4.69) is 4.72 Å². The zero-order valence-corrected chi connectivity index (χ0v) is 13.7. The van der Waals surface area contributed by atoms with E-state index in [1.807, 2.05) is 24.3 Å². The van der Waals surface area contributed by atoms with E-state index in [4.69, 9.17) is 0 Å². The molecule has 4 nitrogen and oxygen atoms in total. The minimum absolute atomic E-state index is 0.118. The quantitative estimate of drug-likeness (QED) is 0.854. The van der Waals surface area contributed by atoms with Crippen molar-refractivity contribution in [1.82, 2.24) is 9.62 Å². The smallest absolute Gasteiger partial charge is 0.251 e. The molecule has 1 saturated heterocycles. The van der Waals surface area contributed by atoms with Crippen molar-refractivity contribution in [3.63, 3.8) is 0 Å². The number of benzene rings is 1. The van der Waals surface area contributed by atoms with E-state index in [-0.39, 0.29) is 12.5 Å². The van der Waals surface area contributed by atoms with Crippen LogP contribution in [0.4, 0.5) is 8.78 Å². The number of sulfonamides is 1. The SMILES string of the molecule is O=S(=O)(NCC1CCN(CC(F)F)C1)C1Cc2ccccc2C1. The lowest BCUT2D eigenvalue weighted by atomic mass is 10.1. The molecule has 1 aliphatic carbocycles. The van der Waals surface area contributed by atoms with Gasteiger partial charge in [-0.25, -0.2) is 21.9 Å². The van der Waals surface area contributed by atoms with Crippen molar-refractivity contribution in [3.8, 4) is 0 Å². The van der Waals surface area contributed by atoms with Crippen LogP contribution in [-0.4, -0.2) is 51.2 Å². The highest BCUT2D eigenvalue weighted by atomic mass is 32.2.